The molecular weight excluding hydrogens is 218 g/mol. The van der Waals surface area contributed by atoms with Gasteiger partial charge in [0.05, 0.1) is 13.2 Å². The fourth-order valence-corrected chi connectivity index (χ4v) is 0.867. The number of halogens is 1. The van der Waals surface area contributed by atoms with Gasteiger partial charge in [-0.05, 0) is 12.3 Å². The first-order valence-electron chi connectivity index (χ1n) is 5.12. The number of hydrogen-bond donors (Lipinski definition) is 1. The van der Waals surface area contributed by atoms with Gasteiger partial charge in [0.2, 0.25) is 0 Å². The van der Waals surface area contributed by atoms with Gasteiger partial charge < -0.3 is 14.7 Å². The van der Waals surface area contributed by atoms with Gasteiger partial charge in [-0.1, -0.05) is 19.0 Å². The molecule has 90 valence electrons. The Kier molecular flexibility index (Phi) is 9.99. The molecule has 0 fully saturated rings. The van der Waals surface area contributed by atoms with Crippen LogP contribution in [-0.4, -0.2) is 43.1 Å². The van der Waals surface area contributed by atoms with E-state index in [2.05, 4.69) is 19.0 Å². The molecule has 0 heterocycles. The van der Waals surface area contributed by atoms with Crippen molar-refractivity contribution >= 4 is 17.8 Å². The molecule has 4 nitrogen and oxygen atoms in total. The van der Waals surface area contributed by atoms with Crippen molar-refractivity contribution in [2.24, 2.45) is 11.1 Å². The van der Waals surface area contributed by atoms with Crippen molar-refractivity contribution in [2.75, 3.05) is 25.7 Å². The molecule has 0 saturated carbocycles. The highest BCUT2D eigenvalue weighted by Gasteiger charge is 2.03. The van der Waals surface area contributed by atoms with E-state index >= 15 is 0 Å². The van der Waals surface area contributed by atoms with Gasteiger partial charge in [0.25, 0.3) is 0 Å². The first-order chi connectivity index (χ1) is 7.16. The topological polar surface area (TPSA) is 51.0 Å². The maximum atomic E-state index is 9.32. The smallest absolute Gasteiger partial charge is 0.145 e. The molecule has 0 bridgehead atoms. The minimum absolute atomic E-state index is 0.150. The lowest BCUT2D eigenvalue weighted by Gasteiger charge is -2.08. The molecule has 0 aromatic heterocycles. The lowest BCUT2D eigenvalue weighted by Crippen LogP contribution is -2.21. The van der Waals surface area contributed by atoms with Crippen LogP contribution in [0.2, 0.25) is 0 Å². The van der Waals surface area contributed by atoms with Crippen molar-refractivity contribution in [2.45, 2.75) is 26.4 Å². The van der Waals surface area contributed by atoms with Gasteiger partial charge in [0, 0.05) is 12.1 Å². The standard InChI is InChI=1S/C10H20ClNO3/c1-9(2)3-5-12-15-8-10(13)7-14-6-4-11/h5,9-10,13H,3-4,6-8H2,1-2H3/b12-5-. The third kappa shape index (κ3) is 11.6. The third-order valence-electron chi connectivity index (χ3n) is 1.52. The predicted molar refractivity (Wildman–Crippen MR) is 61.4 cm³/mol. The number of nitrogens with zero attached hydrogens (tertiary/aromatic N) is 1. The highest BCUT2D eigenvalue weighted by Crippen LogP contribution is 1.95. The molecule has 0 rings (SSSR count). The zero-order valence-corrected chi connectivity index (χ0v) is 10.1. The summed E-state index contributed by atoms with van der Waals surface area (Å²) in [5.41, 5.74) is 0. The van der Waals surface area contributed by atoms with Crippen LogP contribution >= 0.6 is 11.6 Å². The maximum Gasteiger partial charge on any atom is 0.145 e. The molecule has 0 aromatic rings. The van der Waals surface area contributed by atoms with E-state index in [0.717, 1.165) is 6.42 Å². The molecular formula is C10H20ClNO3. The van der Waals surface area contributed by atoms with E-state index in [9.17, 15) is 5.11 Å². The van der Waals surface area contributed by atoms with E-state index in [1.54, 1.807) is 6.21 Å². The number of ether oxygens (including phenoxy) is 1. The van der Waals surface area contributed by atoms with Gasteiger partial charge in [-0.15, -0.1) is 11.6 Å². The van der Waals surface area contributed by atoms with Crippen molar-refractivity contribution in [3.05, 3.63) is 0 Å². The fraction of sp³-hybridized carbons (Fsp3) is 0.900. The minimum atomic E-state index is -0.649. The molecule has 15 heavy (non-hydrogen) atoms. The molecule has 0 aliphatic carbocycles. The van der Waals surface area contributed by atoms with Crippen LogP contribution in [0.4, 0.5) is 0 Å². The minimum Gasteiger partial charge on any atom is -0.393 e. The Morgan fingerprint density at radius 3 is 2.73 bits per heavy atom. The van der Waals surface area contributed by atoms with E-state index in [-0.39, 0.29) is 13.2 Å². The van der Waals surface area contributed by atoms with Crippen molar-refractivity contribution in [3.63, 3.8) is 0 Å². The molecule has 0 spiro atoms. The number of alkyl halides is 1. The number of aliphatic hydroxyl groups is 1. The van der Waals surface area contributed by atoms with Crippen molar-refractivity contribution in [3.8, 4) is 0 Å². The second-order valence-electron chi connectivity index (χ2n) is 3.63. The average molecular weight is 238 g/mol. The predicted octanol–water partition coefficient (Wildman–Crippen LogP) is 1.65. The zero-order chi connectivity index (χ0) is 11.5. The van der Waals surface area contributed by atoms with Gasteiger partial charge >= 0.3 is 0 Å². The van der Waals surface area contributed by atoms with Gasteiger partial charge in [-0.25, -0.2) is 0 Å². The molecule has 0 saturated heterocycles. The van der Waals surface area contributed by atoms with E-state index in [4.69, 9.17) is 21.2 Å². The maximum absolute atomic E-state index is 9.32. The van der Waals surface area contributed by atoms with Crippen LogP contribution in [0.5, 0.6) is 0 Å². The quantitative estimate of drug-likeness (QED) is 0.287. The molecule has 1 N–H and O–H groups in total. The zero-order valence-electron chi connectivity index (χ0n) is 9.36. The fourth-order valence-electron chi connectivity index (χ4n) is 0.758. The molecule has 0 aromatic carbocycles. The van der Waals surface area contributed by atoms with Gasteiger partial charge in [-0.3, -0.25) is 0 Å². The molecule has 1 unspecified atom stereocenters. The molecule has 0 aliphatic rings. The van der Waals surface area contributed by atoms with Gasteiger partial charge in [-0.2, -0.15) is 0 Å². The Labute approximate surface area is 96.2 Å². The van der Waals surface area contributed by atoms with Crippen molar-refractivity contribution < 1.29 is 14.7 Å². The SMILES string of the molecule is CC(C)C/C=N\OCC(O)COCCCl. The molecule has 0 aliphatic heterocycles. The summed E-state index contributed by atoms with van der Waals surface area (Å²) in [7, 11) is 0. The van der Waals surface area contributed by atoms with E-state index < -0.39 is 6.10 Å². The summed E-state index contributed by atoms with van der Waals surface area (Å²) in [4.78, 5) is 4.88. The van der Waals surface area contributed by atoms with Crippen LogP contribution in [-0.2, 0) is 9.57 Å². The van der Waals surface area contributed by atoms with E-state index in [1.807, 2.05) is 0 Å². The van der Waals surface area contributed by atoms with Crippen LogP contribution in [0.3, 0.4) is 0 Å². The first-order valence-corrected chi connectivity index (χ1v) is 5.65. The van der Waals surface area contributed by atoms with Gasteiger partial charge in [0.1, 0.15) is 12.7 Å². The second-order valence-corrected chi connectivity index (χ2v) is 4.01. The van der Waals surface area contributed by atoms with Crippen molar-refractivity contribution in [1.82, 2.24) is 0 Å². The third-order valence-corrected chi connectivity index (χ3v) is 1.68. The Bertz CT molecular complexity index is 165. The summed E-state index contributed by atoms with van der Waals surface area (Å²) in [6.45, 7) is 5.01. The second kappa shape index (κ2) is 10.2. The normalized spacial score (nSPS) is 13.7. The average Bonchev–Trinajstić information content (AvgIpc) is 2.17. The van der Waals surface area contributed by atoms with E-state index in [1.165, 1.54) is 0 Å². The molecule has 0 amide bonds. The lowest BCUT2D eigenvalue weighted by molar-refractivity contribution is -0.0141. The van der Waals surface area contributed by atoms with Gasteiger partial charge in [0.15, 0.2) is 0 Å². The Morgan fingerprint density at radius 2 is 2.13 bits per heavy atom. The summed E-state index contributed by atoms with van der Waals surface area (Å²) < 4.78 is 5.03. The lowest BCUT2D eigenvalue weighted by atomic mass is 10.2. The molecule has 0 radical (unpaired) electrons. The molecule has 1 atom stereocenters. The Morgan fingerprint density at radius 1 is 1.40 bits per heavy atom. The summed E-state index contributed by atoms with van der Waals surface area (Å²) in [5.74, 6) is 0.995. The summed E-state index contributed by atoms with van der Waals surface area (Å²) in [5, 5.41) is 13.0. The Hall–Kier alpha value is -0.320. The van der Waals surface area contributed by atoms with Crippen LogP contribution in [0.1, 0.15) is 20.3 Å². The van der Waals surface area contributed by atoms with Crippen LogP contribution in [0.25, 0.3) is 0 Å². The summed E-state index contributed by atoms with van der Waals surface area (Å²) in [6, 6.07) is 0. The number of hydrogen-bond acceptors (Lipinski definition) is 4. The van der Waals surface area contributed by atoms with Crippen LogP contribution < -0.4 is 0 Å². The van der Waals surface area contributed by atoms with E-state index in [0.29, 0.717) is 18.4 Å². The van der Waals surface area contributed by atoms with Crippen LogP contribution in [0, 0.1) is 5.92 Å². The Balaban J connectivity index is 3.30. The number of rotatable bonds is 9. The van der Waals surface area contributed by atoms with Crippen LogP contribution in [0.15, 0.2) is 5.16 Å². The first kappa shape index (κ1) is 14.7. The number of oxime groups is 1. The highest BCUT2D eigenvalue weighted by atomic mass is 35.5. The largest absolute Gasteiger partial charge is 0.393 e. The highest BCUT2D eigenvalue weighted by molar-refractivity contribution is 6.17. The summed E-state index contributed by atoms with van der Waals surface area (Å²) >= 11 is 5.40. The molecule has 5 heteroatoms. The van der Waals surface area contributed by atoms with Crippen molar-refractivity contribution in [1.29, 1.82) is 0 Å². The summed E-state index contributed by atoms with van der Waals surface area (Å²) in [6.07, 6.45) is 1.93. The monoisotopic (exact) mass is 237 g/mol. The number of aliphatic hydroxyl groups excluding tert-OH is 1.